The summed E-state index contributed by atoms with van der Waals surface area (Å²) in [5.41, 5.74) is 2.45. The Bertz CT molecular complexity index is 1470. The standard InChI is InChI=1S/C29H29ClF2N6OS/c1-37(24-13-16-38(17-14-24)19-20-2-4-21(31)5-3-20)40(39)25-9-6-22(7-10-25)35-29-33-15-12-28(36-29)34-23-8-11-27(32)26(30)18-23/h2-12,15,18,24H,13-14,16-17,19H2,1H3,(H2,33,34,35,36). The number of likely N-dealkylation sites (tertiary alicyclic amines) is 1. The van der Waals surface area contributed by atoms with Crippen molar-refractivity contribution < 1.29 is 13.0 Å². The molecular formula is C29H29ClF2N6OS. The molecule has 1 fully saturated rings. The van der Waals surface area contributed by atoms with Crippen molar-refractivity contribution in [2.75, 3.05) is 30.8 Å². The molecule has 7 nitrogen and oxygen atoms in total. The molecule has 0 saturated carbocycles. The number of hydrogen-bond acceptors (Lipinski definition) is 6. The third kappa shape index (κ3) is 7.19. The zero-order valence-electron chi connectivity index (χ0n) is 21.9. The maximum Gasteiger partial charge on any atom is 0.229 e. The number of rotatable bonds is 9. The van der Waals surface area contributed by atoms with Crippen molar-refractivity contribution in [1.82, 2.24) is 19.2 Å². The SMILES string of the molecule is CN(C1CCN(Cc2ccc(F)cc2)CC1)S(=O)c1ccc(Nc2nccc(Nc3ccc(F)c(Cl)c3)n2)cc1. The van der Waals surface area contributed by atoms with Gasteiger partial charge in [0, 0.05) is 50.3 Å². The minimum absolute atomic E-state index is 0.0212. The molecule has 1 atom stereocenters. The molecule has 0 amide bonds. The average Bonchev–Trinajstić information content (AvgIpc) is 2.96. The number of piperidine rings is 1. The molecule has 1 aromatic heterocycles. The molecule has 11 heteroatoms. The average molecular weight is 583 g/mol. The van der Waals surface area contributed by atoms with E-state index in [1.54, 1.807) is 18.3 Å². The number of hydrogen-bond donors (Lipinski definition) is 2. The minimum Gasteiger partial charge on any atom is -0.340 e. The van der Waals surface area contributed by atoms with E-state index in [1.165, 1.54) is 24.3 Å². The van der Waals surface area contributed by atoms with E-state index >= 15 is 0 Å². The lowest BCUT2D eigenvalue weighted by atomic mass is 10.0. The lowest BCUT2D eigenvalue weighted by Crippen LogP contribution is -2.43. The number of nitrogens with one attached hydrogen (secondary N) is 2. The smallest absolute Gasteiger partial charge is 0.229 e. The second-order valence-electron chi connectivity index (χ2n) is 9.60. The summed E-state index contributed by atoms with van der Waals surface area (Å²) in [5.74, 6) is 0.177. The Kier molecular flexibility index (Phi) is 9.01. The summed E-state index contributed by atoms with van der Waals surface area (Å²) in [6.45, 7) is 2.58. The lowest BCUT2D eigenvalue weighted by molar-refractivity contribution is 0.166. The molecule has 1 aliphatic rings. The normalized spacial score (nSPS) is 15.2. The van der Waals surface area contributed by atoms with Crippen LogP contribution in [0, 0.1) is 11.6 Å². The molecular weight excluding hydrogens is 554 g/mol. The van der Waals surface area contributed by atoms with Crippen molar-refractivity contribution in [1.29, 1.82) is 0 Å². The maximum atomic E-state index is 13.4. The molecule has 5 rings (SSSR count). The van der Waals surface area contributed by atoms with Crippen LogP contribution in [0.1, 0.15) is 18.4 Å². The second-order valence-corrected chi connectivity index (χ2v) is 11.6. The largest absolute Gasteiger partial charge is 0.340 e. The lowest BCUT2D eigenvalue weighted by Gasteiger charge is -2.36. The van der Waals surface area contributed by atoms with Gasteiger partial charge in [0.2, 0.25) is 5.95 Å². The van der Waals surface area contributed by atoms with Crippen LogP contribution in [0.2, 0.25) is 5.02 Å². The molecule has 1 saturated heterocycles. The van der Waals surface area contributed by atoms with Gasteiger partial charge in [0.25, 0.3) is 0 Å². The van der Waals surface area contributed by atoms with Gasteiger partial charge in [-0.05, 0) is 79.1 Å². The number of aromatic nitrogens is 2. The van der Waals surface area contributed by atoms with Gasteiger partial charge in [-0.1, -0.05) is 23.7 Å². The van der Waals surface area contributed by atoms with Crippen molar-refractivity contribution in [2.24, 2.45) is 0 Å². The summed E-state index contributed by atoms with van der Waals surface area (Å²) in [4.78, 5) is 11.8. The first kappa shape index (κ1) is 28.1. The highest BCUT2D eigenvalue weighted by Gasteiger charge is 2.26. The van der Waals surface area contributed by atoms with Gasteiger partial charge < -0.3 is 10.6 Å². The quantitative estimate of drug-likeness (QED) is 0.234. The second kappa shape index (κ2) is 12.8. The van der Waals surface area contributed by atoms with Crippen LogP contribution in [0.5, 0.6) is 0 Å². The van der Waals surface area contributed by atoms with Gasteiger partial charge in [0.1, 0.15) is 28.4 Å². The molecule has 208 valence electrons. The molecule has 4 aromatic rings. The van der Waals surface area contributed by atoms with Gasteiger partial charge >= 0.3 is 0 Å². The highest BCUT2D eigenvalue weighted by molar-refractivity contribution is 7.82. The fraction of sp³-hybridized carbons (Fsp3) is 0.241. The highest BCUT2D eigenvalue weighted by atomic mass is 35.5. The Morgan fingerprint density at radius 1 is 0.975 bits per heavy atom. The van der Waals surface area contributed by atoms with Crippen LogP contribution in [0.15, 0.2) is 83.9 Å². The highest BCUT2D eigenvalue weighted by Crippen LogP contribution is 2.25. The van der Waals surface area contributed by atoms with Gasteiger partial charge in [-0.3, -0.25) is 4.90 Å². The number of benzene rings is 3. The molecule has 1 unspecified atom stereocenters. The third-order valence-electron chi connectivity index (χ3n) is 6.81. The van der Waals surface area contributed by atoms with E-state index in [9.17, 15) is 13.0 Å². The molecule has 0 aliphatic carbocycles. The van der Waals surface area contributed by atoms with E-state index in [4.69, 9.17) is 11.6 Å². The number of nitrogens with zero attached hydrogens (tertiary/aromatic N) is 4. The summed E-state index contributed by atoms with van der Waals surface area (Å²) in [6.07, 6.45) is 3.43. The van der Waals surface area contributed by atoms with Crippen LogP contribution in [-0.2, 0) is 17.5 Å². The molecule has 0 spiro atoms. The first-order valence-electron chi connectivity index (χ1n) is 12.9. The Morgan fingerprint density at radius 2 is 1.68 bits per heavy atom. The van der Waals surface area contributed by atoms with E-state index in [1.807, 2.05) is 47.8 Å². The van der Waals surface area contributed by atoms with Gasteiger partial charge in [-0.25, -0.2) is 22.3 Å². The number of halogens is 3. The molecule has 1 aliphatic heterocycles. The van der Waals surface area contributed by atoms with E-state index in [-0.39, 0.29) is 16.9 Å². The summed E-state index contributed by atoms with van der Waals surface area (Å²) < 4.78 is 41.8. The monoisotopic (exact) mass is 582 g/mol. The van der Waals surface area contributed by atoms with Crippen LogP contribution in [-0.4, -0.2) is 49.6 Å². The zero-order chi connectivity index (χ0) is 28.1. The fourth-order valence-corrected chi connectivity index (χ4v) is 5.95. The van der Waals surface area contributed by atoms with Crippen molar-refractivity contribution in [3.05, 3.63) is 101 Å². The first-order chi connectivity index (χ1) is 19.3. The Labute approximate surface area is 239 Å². The van der Waals surface area contributed by atoms with Crippen molar-refractivity contribution in [3.8, 4) is 0 Å². The predicted octanol–water partition coefficient (Wildman–Crippen LogP) is 6.51. The van der Waals surface area contributed by atoms with Gasteiger partial charge in [0.15, 0.2) is 0 Å². The van der Waals surface area contributed by atoms with Gasteiger partial charge in [0.05, 0.1) is 9.92 Å². The van der Waals surface area contributed by atoms with E-state index in [2.05, 4.69) is 25.5 Å². The Balaban J connectivity index is 1.14. The third-order valence-corrected chi connectivity index (χ3v) is 8.60. The van der Waals surface area contributed by atoms with E-state index in [0.717, 1.165) is 43.7 Å². The zero-order valence-corrected chi connectivity index (χ0v) is 23.4. The summed E-state index contributed by atoms with van der Waals surface area (Å²) >= 11 is 5.86. The molecule has 3 aromatic carbocycles. The Morgan fingerprint density at radius 3 is 2.38 bits per heavy atom. The molecule has 0 bridgehead atoms. The van der Waals surface area contributed by atoms with E-state index in [0.29, 0.717) is 22.3 Å². The van der Waals surface area contributed by atoms with E-state index < -0.39 is 16.8 Å². The van der Waals surface area contributed by atoms with Gasteiger partial charge in [-0.15, -0.1) is 0 Å². The van der Waals surface area contributed by atoms with Crippen molar-refractivity contribution >= 4 is 45.7 Å². The molecule has 0 radical (unpaired) electrons. The maximum absolute atomic E-state index is 13.4. The Hall–Kier alpha value is -3.44. The fourth-order valence-electron chi connectivity index (χ4n) is 4.58. The number of anilines is 4. The van der Waals surface area contributed by atoms with Crippen LogP contribution >= 0.6 is 11.6 Å². The summed E-state index contributed by atoms with van der Waals surface area (Å²) in [5, 5.41) is 6.25. The molecule has 2 heterocycles. The van der Waals surface area contributed by atoms with Crippen LogP contribution in [0.4, 0.5) is 31.9 Å². The van der Waals surface area contributed by atoms with Gasteiger partial charge in [-0.2, -0.15) is 4.98 Å². The van der Waals surface area contributed by atoms with Crippen LogP contribution in [0.25, 0.3) is 0 Å². The topological polar surface area (TPSA) is 73.4 Å². The minimum atomic E-state index is -1.30. The summed E-state index contributed by atoms with van der Waals surface area (Å²) in [6, 6.07) is 20.2. The van der Waals surface area contributed by atoms with Crippen LogP contribution in [0.3, 0.4) is 0 Å². The van der Waals surface area contributed by atoms with Crippen LogP contribution < -0.4 is 10.6 Å². The van der Waals surface area contributed by atoms with Crippen molar-refractivity contribution in [2.45, 2.75) is 30.3 Å². The first-order valence-corrected chi connectivity index (χ1v) is 14.4. The molecule has 40 heavy (non-hydrogen) atoms. The van der Waals surface area contributed by atoms with Crippen molar-refractivity contribution in [3.63, 3.8) is 0 Å². The predicted molar refractivity (Wildman–Crippen MR) is 155 cm³/mol. The summed E-state index contributed by atoms with van der Waals surface area (Å²) in [7, 11) is 0.610. The molecule has 2 N–H and O–H groups in total.